The van der Waals surface area contributed by atoms with Gasteiger partial charge in [-0.25, -0.2) is 0 Å². The molecule has 0 amide bonds. The van der Waals surface area contributed by atoms with Crippen molar-refractivity contribution in [1.82, 2.24) is 10.1 Å². The molecule has 0 unspecified atom stereocenters. The van der Waals surface area contributed by atoms with Gasteiger partial charge in [0.25, 0.3) is 5.89 Å². The first-order valence-corrected chi connectivity index (χ1v) is 6.96. The highest BCUT2D eigenvalue weighted by Gasteiger charge is 2.10. The summed E-state index contributed by atoms with van der Waals surface area (Å²) in [6, 6.07) is 16.1. The molecule has 21 heavy (non-hydrogen) atoms. The Kier molecular flexibility index (Phi) is 3.79. The molecule has 0 saturated carbocycles. The topological polar surface area (TPSA) is 64.9 Å². The molecule has 0 radical (unpaired) electrons. The van der Waals surface area contributed by atoms with Crippen molar-refractivity contribution in [2.24, 2.45) is 5.73 Å². The molecule has 1 heterocycles. The summed E-state index contributed by atoms with van der Waals surface area (Å²) in [6.07, 6.45) is 0.874. The molecule has 3 aromatic rings. The van der Waals surface area contributed by atoms with Crippen molar-refractivity contribution in [3.05, 3.63) is 59.7 Å². The normalized spacial score (nSPS) is 10.8. The van der Waals surface area contributed by atoms with Crippen LogP contribution in [0.5, 0.6) is 0 Å². The van der Waals surface area contributed by atoms with E-state index >= 15 is 0 Å². The van der Waals surface area contributed by atoms with Gasteiger partial charge in [0.15, 0.2) is 0 Å². The third-order valence-electron chi connectivity index (χ3n) is 3.37. The summed E-state index contributed by atoms with van der Waals surface area (Å²) >= 11 is 0. The molecular formula is C17H17N3O. The monoisotopic (exact) mass is 279 g/mol. The van der Waals surface area contributed by atoms with Crippen molar-refractivity contribution in [3.63, 3.8) is 0 Å². The zero-order valence-electron chi connectivity index (χ0n) is 11.9. The van der Waals surface area contributed by atoms with Gasteiger partial charge in [0, 0.05) is 11.1 Å². The zero-order valence-corrected chi connectivity index (χ0v) is 11.9. The van der Waals surface area contributed by atoms with E-state index in [0.717, 1.165) is 17.5 Å². The van der Waals surface area contributed by atoms with E-state index in [4.69, 9.17) is 10.3 Å². The molecule has 1 aromatic heterocycles. The lowest BCUT2D eigenvalue weighted by atomic mass is 10.1. The Hall–Kier alpha value is -2.46. The molecule has 0 spiro atoms. The second kappa shape index (κ2) is 5.89. The fourth-order valence-electron chi connectivity index (χ4n) is 2.14. The molecule has 0 aliphatic rings. The van der Waals surface area contributed by atoms with Crippen LogP contribution in [-0.4, -0.2) is 16.7 Å². The van der Waals surface area contributed by atoms with Crippen LogP contribution in [0.25, 0.3) is 22.8 Å². The molecule has 0 fully saturated rings. The number of nitrogens with two attached hydrogens (primary N) is 1. The van der Waals surface area contributed by atoms with Gasteiger partial charge in [-0.15, -0.1) is 0 Å². The standard InChI is InChI=1S/C17H17N3O/c1-12-2-6-14(7-3-12)16-19-17(21-20-16)15-8-4-13(5-9-15)10-11-18/h2-9H,10-11,18H2,1H3. The average molecular weight is 279 g/mol. The highest BCUT2D eigenvalue weighted by molar-refractivity contribution is 5.60. The summed E-state index contributed by atoms with van der Waals surface area (Å²) in [5.74, 6) is 1.14. The van der Waals surface area contributed by atoms with Gasteiger partial charge in [-0.3, -0.25) is 0 Å². The van der Waals surface area contributed by atoms with Crippen LogP contribution in [-0.2, 0) is 6.42 Å². The molecular weight excluding hydrogens is 262 g/mol. The van der Waals surface area contributed by atoms with E-state index in [1.54, 1.807) is 0 Å². The van der Waals surface area contributed by atoms with Crippen molar-refractivity contribution < 1.29 is 4.52 Å². The average Bonchev–Trinajstić information content (AvgIpc) is 2.99. The first kappa shape index (κ1) is 13.5. The number of rotatable bonds is 4. The Bertz CT molecular complexity index is 715. The van der Waals surface area contributed by atoms with Crippen LogP contribution in [0, 0.1) is 6.92 Å². The minimum Gasteiger partial charge on any atom is -0.334 e. The number of aryl methyl sites for hydroxylation is 1. The molecule has 0 atom stereocenters. The van der Waals surface area contributed by atoms with Crippen molar-refractivity contribution in [2.75, 3.05) is 6.54 Å². The second-order valence-corrected chi connectivity index (χ2v) is 5.02. The maximum atomic E-state index is 5.55. The molecule has 0 saturated heterocycles. The summed E-state index contributed by atoms with van der Waals surface area (Å²) < 4.78 is 5.35. The van der Waals surface area contributed by atoms with E-state index in [-0.39, 0.29) is 0 Å². The fourth-order valence-corrected chi connectivity index (χ4v) is 2.14. The van der Waals surface area contributed by atoms with Crippen molar-refractivity contribution in [2.45, 2.75) is 13.3 Å². The highest BCUT2D eigenvalue weighted by atomic mass is 16.5. The van der Waals surface area contributed by atoms with E-state index in [1.807, 2.05) is 55.5 Å². The first-order chi connectivity index (χ1) is 10.3. The highest BCUT2D eigenvalue weighted by Crippen LogP contribution is 2.22. The van der Waals surface area contributed by atoms with Gasteiger partial charge < -0.3 is 10.3 Å². The third kappa shape index (κ3) is 3.01. The maximum absolute atomic E-state index is 5.55. The summed E-state index contributed by atoms with van der Waals surface area (Å²) in [7, 11) is 0. The van der Waals surface area contributed by atoms with Crippen molar-refractivity contribution >= 4 is 0 Å². The first-order valence-electron chi connectivity index (χ1n) is 6.96. The molecule has 4 nitrogen and oxygen atoms in total. The Morgan fingerprint density at radius 3 is 2.29 bits per heavy atom. The number of hydrogen-bond donors (Lipinski definition) is 1. The van der Waals surface area contributed by atoms with Gasteiger partial charge in [-0.1, -0.05) is 47.1 Å². The van der Waals surface area contributed by atoms with Gasteiger partial charge in [0.2, 0.25) is 5.82 Å². The van der Waals surface area contributed by atoms with Crippen LogP contribution in [0.2, 0.25) is 0 Å². The number of benzene rings is 2. The van der Waals surface area contributed by atoms with Gasteiger partial charge in [0.1, 0.15) is 0 Å². The van der Waals surface area contributed by atoms with E-state index in [1.165, 1.54) is 11.1 Å². The molecule has 2 aromatic carbocycles. The SMILES string of the molecule is Cc1ccc(-c2noc(-c3ccc(CCN)cc3)n2)cc1. The Morgan fingerprint density at radius 1 is 0.952 bits per heavy atom. The van der Waals surface area contributed by atoms with E-state index in [2.05, 4.69) is 10.1 Å². The van der Waals surface area contributed by atoms with Crippen LogP contribution in [0.15, 0.2) is 53.1 Å². The Morgan fingerprint density at radius 2 is 1.62 bits per heavy atom. The lowest BCUT2D eigenvalue weighted by Gasteiger charge is -1.99. The smallest absolute Gasteiger partial charge is 0.258 e. The lowest BCUT2D eigenvalue weighted by molar-refractivity contribution is 0.432. The van der Waals surface area contributed by atoms with E-state index < -0.39 is 0 Å². The van der Waals surface area contributed by atoms with Crippen LogP contribution in [0.4, 0.5) is 0 Å². The number of hydrogen-bond acceptors (Lipinski definition) is 4. The quantitative estimate of drug-likeness (QED) is 0.796. The molecule has 0 aliphatic heterocycles. The molecule has 106 valence electrons. The second-order valence-electron chi connectivity index (χ2n) is 5.02. The Labute approximate surface area is 123 Å². The predicted octanol–water partition coefficient (Wildman–Crippen LogP) is 3.21. The van der Waals surface area contributed by atoms with Gasteiger partial charge in [-0.05, 0) is 37.6 Å². The van der Waals surface area contributed by atoms with Crippen molar-refractivity contribution in [3.8, 4) is 22.8 Å². The fraction of sp³-hybridized carbons (Fsp3) is 0.176. The summed E-state index contributed by atoms with van der Waals surface area (Å²) in [5.41, 5.74) is 9.83. The minimum absolute atomic E-state index is 0.532. The van der Waals surface area contributed by atoms with Gasteiger partial charge in [-0.2, -0.15) is 4.98 Å². The van der Waals surface area contributed by atoms with Crippen LogP contribution < -0.4 is 5.73 Å². The third-order valence-corrected chi connectivity index (χ3v) is 3.37. The molecule has 4 heteroatoms. The number of nitrogens with zero attached hydrogens (tertiary/aromatic N) is 2. The van der Waals surface area contributed by atoms with Crippen LogP contribution in [0.3, 0.4) is 0 Å². The lowest BCUT2D eigenvalue weighted by Crippen LogP contribution is -2.02. The molecule has 2 N–H and O–H groups in total. The predicted molar refractivity (Wildman–Crippen MR) is 82.7 cm³/mol. The van der Waals surface area contributed by atoms with Crippen LogP contribution >= 0.6 is 0 Å². The Balaban J connectivity index is 1.85. The maximum Gasteiger partial charge on any atom is 0.258 e. The van der Waals surface area contributed by atoms with Crippen LogP contribution in [0.1, 0.15) is 11.1 Å². The summed E-state index contributed by atoms with van der Waals surface area (Å²) in [6.45, 7) is 2.70. The molecule has 0 aliphatic carbocycles. The van der Waals surface area contributed by atoms with Gasteiger partial charge in [0.05, 0.1) is 0 Å². The molecule has 0 bridgehead atoms. The molecule has 3 rings (SSSR count). The largest absolute Gasteiger partial charge is 0.334 e. The number of aromatic nitrogens is 2. The van der Waals surface area contributed by atoms with Crippen molar-refractivity contribution in [1.29, 1.82) is 0 Å². The zero-order chi connectivity index (χ0) is 14.7. The summed E-state index contributed by atoms with van der Waals surface area (Å²) in [5, 5.41) is 4.05. The van der Waals surface area contributed by atoms with Gasteiger partial charge >= 0.3 is 0 Å². The minimum atomic E-state index is 0.532. The van der Waals surface area contributed by atoms with E-state index in [9.17, 15) is 0 Å². The summed E-state index contributed by atoms with van der Waals surface area (Å²) in [4.78, 5) is 4.45. The van der Waals surface area contributed by atoms with E-state index in [0.29, 0.717) is 18.3 Å².